The summed E-state index contributed by atoms with van der Waals surface area (Å²) in [4.78, 5) is 10.7. The first kappa shape index (κ1) is 21.7. The van der Waals surface area contributed by atoms with Crippen molar-refractivity contribution in [2.75, 3.05) is 11.9 Å². The first-order valence-electron chi connectivity index (χ1n) is 8.97. The number of carbonyl (C=O) groups excluding carboxylic acids is 1. The van der Waals surface area contributed by atoms with Gasteiger partial charge in [0.1, 0.15) is 0 Å². The largest absolute Gasteiger partial charge is 0.423 e. The molecule has 2 N–H and O–H groups in total. The minimum atomic E-state index is -4.42. The van der Waals surface area contributed by atoms with Crippen molar-refractivity contribution in [3.05, 3.63) is 41.6 Å². The second kappa shape index (κ2) is 10.1. The SMILES string of the molecule is CCCCCC(CN(O)C=O)c1nnc(CNc2cccc(C(F)(F)F)c2)o1. The molecule has 0 aliphatic carbocycles. The van der Waals surface area contributed by atoms with E-state index < -0.39 is 11.7 Å². The molecule has 0 saturated carbocycles. The zero-order chi connectivity index (χ0) is 20.6. The third kappa shape index (κ3) is 6.52. The summed E-state index contributed by atoms with van der Waals surface area (Å²) < 4.78 is 43.9. The van der Waals surface area contributed by atoms with Gasteiger partial charge in [-0.15, -0.1) is 10.2 Å². The number of rotatable bonds is 11. The molecule has 0 bridgehead atoms. The normalized spacial score (nSPS) is 12.6. The molecule has 1 aromatic carbocycles. The molecular formula is C18H23F3N4O3. The van der Waals surface area contributed by atoms with Crippen LogP contribution >= 0.6 is 0 Å². The Kier molecular flexibility index (Phi) is 7.80. The van der Waals surface area contributed by atoms with Crippen molar-refractivity contribution >= 4 is 12.1 Å². The highest BCUT2D eigenvalue weighted by Crippen LogP contribution is 2.30. The van der Waals surface area contributed by atoms with Gasteiger partial charge < -0.3 is 9.73 Å². The second-order valence-electron chi connectivity index (χ2n) is 6.39. The Bertz CT molecular complexity index is 752. The van der Waals surface area contributed by atoms with Gasteiger partial charge in [0, 0.05) is 5.69 Å². The molecule has 154 valence electrons. The molecule has 0 aliphatic rings. The number of hydrogen-bond acceptors (Lipinski definition) is 6. The highest BCUT2D eigenvalue weighted by molar-refractivity contribution is 5.46. The minimum Gasteiger partial charge on any atom is -0.423 e. The maximum atomic E-state index is 12.8. The summed E-state index contributed by atoms with van der Waals surface area (Å²) in [5.41, 5.74) is -0.479. The third-order valence-electron chi connectivity index (χ3n) is 4.15. The Hall–Kier alpha value is -2.62. The van der Waals surface area contributed by atoms with Crippen molar-refractivity contribution in [3.63, 3.8) is 0 Å². The topological polar surface area (TPSA) is 91.5 Å². The van der Waals surface area contributed by atoms with Gasteiger partial charge in [-0.05, 0) is 24.6 Å². The van der Waals surface area contributed by atoms with E-state index in [1.165, 1.54) is 12.1 Å². The molecule has 1 heterocycles. The van der Waals surface area contributed by atoms with Crippen LogP contribution in [0, 0.1) is 0 Å². The van der Waals surface area contributed by atoms with E-state index in [-0.39, 0.29) is 36.5 Å². The summed E-state index contributed by atoms with van der Waals surface area (Å²) in [6, 6.07) is 4.81. The number of hydrogen-bond donors (Lipinski definition) is 2. The first-order chi connectivity index (χ1) is 13.3. The molecule has 0 spiro atoms. The zero-order valence-corrected chi connectivity index (χ0v) is 15.4. The lowest BCUT2D eigenvalue weighted by atomic mass is 10.0. The zero-order valence-electron chi connectivity index (χ0n) is 15.4. The average molecular weight is 400 g/mol. The molecule has 1 amide bonds. The number of nitrogens with one attached hydrogen (secondary N) is 1. The Morgan fingerprint density at radius 1 is 1.32 bits per heavy atom. The van der Waals surface area contributed by atoms with Crippen LogP contribution in [0.15, 0.2) is 28.7 Å². The minimum absolute atomic E-state index is 0.0237. The third-order valence-corrected chi connectivity index (χ3v) is 4.15. The molecule has 1 atom stereocenters. The number of halogens is 3. The standard InChI is InChI=1S/C18H23F3N4O3/c1-2-3-4-6-13(11-25(27)12-26)17-24-23-16(28-17)10-22-15-8-5-7-14(9-15)18(19,20)21/h5,7-9,12-13,22,27H,2-4,6,10-11H2,1H3. The highest BCUT2D eigenvalue weighted by Gasteiger charge is 2.30. The van der Waals surface area contributed by atoms with E-state index in [0.717, 1.165) is 31.4 Å². The van der Waals surface area contributed by atoms with E-state index in [4.69, 9.17) is 4.42 Å². The molecule has 2 rings (SSSR count). The van der Waals surface area contributed by atoms with Gasteiger partial charge >= 0.3 is 6.18 Å². The molecule has 28 heavy (non-hydrogen) atoms. The van der Waals surface area contributed by atoms with Crippen LogP contribution in [0.25, 0.3) is 0 Å². The predicted molar refractivity (Wildman–Crippen MR) is 94.5 cm³/mol. The molecule has 0 aliphatic heterocycles. The van der Waals surface area contributed by atoms with E-state index in [9.17, 15) is 23.2 Å². The fourth-order valence-electron chi connectivity index (χ4n) is 2.69. The van der Waals surface area contributed by atoms with Crippen LogP contribution < -0.4 is 5.32 Å². The van der Waals surface area contributed by atoms with E-state index in [0.29, 0.717) is 17.9 Å². The Balaban J connectivity index is 2.01. The summed E-state index contributed by atoms with van der Waals surface area (Å²) in [5.74, 6) is 0.151. The number of hydroxylamine groups is 2. The van der Waals surface area contributed by atoms with Gasteiger partial charge in [-0.2, -0.15) is 13.2 Å². The van der Waals surface area contributed by atoms with Crippen LogP contribution in [0.4, 0.5) is 18.9 Å². The molecule has 10 heteroatoms. The van der Waals surface area contributed by atoms with Gasteiger partial charge in [0.05, 0.1) is 24.6 Å². The predicted octanol–water partition coefficient (Wildman–Crippen LogP) is 4.21. The van der Waals surface area contributed by atoms with Gasteiger partial charge in [0.15, 0.2) is 0 Å². The highest BCUT2D eigenvalue weighted by atomic mass is 19.4. The fourth-order valence-corrected chi connectivity index (χ4v) is 2.69. The van der Waals surface area contributed by atoms with Crippen LogP contribution in [0.1, 0.15) is 55.9 Å². The van der Waals surface area contributed by atoms with Crippen LogP contribution in [-0.2, 0) is 17.5 Å². The quantitative estimate of drug-likeness (QED) is 0.254. The van der Waals surface area contributed by atoms with E-state index in [1.54, 1.807) is 0 Å². The summed E-state index contributed by atoms with van der Waals surface area (Å²) >= 11 is 0. The van der Waals surface area contributed by atoms with Crippen LogP contribution in [0.5, 0.6) is 0 Å². The van der Waals surface area contributed by atoms with Crippen molar-refractivity contribution in [1.82, 2.24) is 15.3 Å². The maximum absolute atomic E-state index is 12.8. The van der Waals surface area contributed by atoms with Crippen molar-refractivity contribution in [2.24, 2.45) is 0 Å². The van der Waals surface area contributed by atoms with Gasteiger partial charge in [0.25, 0.3) is 0 Å². The molecule has 0 fully saturated rings. The van der Waals surface area contributed by atoms with Crippen LogP contribution in [0.3, 0.4) is 0 Å². The molecule has 0 saturated heterocycles. The van der Waals surface area contributed by atoms with Crippen molar-refractivity contribution in [2.45, 2.75) is 51.2 Å². The average Bonchev–Trinajstić information content (AvgIpc) is 3.14. The first-order valence-corrected chi connectivity index (χ1v) is 8.97. The Morgan fingerprint density at radius 2 is 2.11 bits per heavy atom. The summed E-state index contributed by atoms with van der Waals surface area (Å²) in [7, 11) is 0. The number of aromatic nitrogens is 2. The number of anilines is 1. The molecule has 1 aromatic heterocycles. The van der Waals surface area contributed by atoms with Gasteiger partial charge in [-0.3, -0.25) is 10.0 Å². The lowest BCUT2D eigenvalue weighted by Crippen LogP contribution is -2.24. The maximum Gasteiger partial charge on any atom is 0.416 e. The summed E-state index contributed by atoms with van der Waals surface area (Å²) in [6.07, 6.45) is -0.592. The summed E-state index contributed by atoms with van der Waals surface area (Å²) in [6.45, 7) is 2.13. The van der Waals surface area contributed by atoms with Gasteiger partial charge in [-0.1, -0.05) is 32.3 Å². The van der Waals surface area contributed by atoms with E-state index >= 15 is 0 Å². The van der Waals surface area contributed by atoms with Crippen LogP contribution in [0.2, 0.25) is 0 Å². The van der Waals surface area contributed by atoms with E-state index in [1.807, 2.05) is 0 Å². The van der Waals surface area contributed by atoms with Gasteiger partial charge in [0.2, 0.25) is 18.2 Å². The number of nitrogens with zero attached hydrogens (tertiary/aromatic N) is 3. The number of unbranched alkanes of at least 4 members (excludes halogenated alkanes) is 2. The van der Waals surface area contributed by atoms with Crippen molar-refractivity contribution in [3.8, 4) is 0 Å². The number of carbonyl (C=O) groups is 1. The number of alkyl halides is 3. The molecular weight excluding hydrogens is 377 g/mol. The lowest BCUT2D eigenvalue weighted by molar-refractivity contribution is -0.151. The smallest absolute Gasteiger partial charge is 0.416 e. The molecule has 7 nitrogen and oxygen atoms in total. The monoisotopic (exact) mass is 400 g/mol. The van der Waals surface area contributed by atoms with Crippen molar-refractivity contribution in [1.29, 1.82) is 0 Å². The number of benzene rings is 1. The molecule has 2 aromatic rings. The van der Waals surface area contributed by atoms with E-state index in [2.05, 4.69) is 22.4 Å². The van der Waals surface area contributed by atoms with Crippen LogP contribution in [-0.4, -0.2) is 33.4 Å². The van der Waals surface area contributed by atoms with Gasteiger partial charge in [-0.25, -0.2) is 5.06 Å². The Labute approximate surface area is 160 Å². The second-order valence-corrected chi connectivity index (χ2v) is 6.39. The lowest BCUT2D eigenvalue weighted by Gasteiger charge is -2.16. The molecule has 1 unspecified atom stereocenters. The molecule has 0 radical (unpaired) electrons. The Morgan fingerprint density at radius 3 is 2.79 bits per heavy atom. The fraction of sp³-hybridized carbons (Fsp3) is 0.500. The number of amides is 1. The summed E-state index contributed by atoms with van der Waals surface area (Å²) in [5, 5.41) is 20.7. The van der Waals surface area contributed by atoms with Crippen molar-refractivity contribution < 1.29 is 27.6 Å².